The number of benzene rings is 2. The van der Waals surface area contributed by atoms with E-state index < -0.39 is 17.8 Å². The zero-order valence-corrected chi connectivity index (χ0v) is 15.8. The maximum Gasteiger partial charge on any atom is 0.313 e. The molecule has 2 amide bonds. The Bertz CT molecular complexity index is 786. The highest BCUT2D eigenvalue weighted by Crippen LogP contribution is 2.20. The predicted molar refractivity (Wildman–Crippen MR) is 104 cm³/mol. The zero-order chi connectivity index (χ0) is 19.8. The summed E-state index contributed by atoms with van der Waals surface area (Å²) in [5.74, 6) is -1.37. The lowest BCUT2D eigenvalue weighted by Gasteiger charge is -2.14. The van der Waals surface area contributed by atoms with E-state index in [0.29, 0.717) is 17.7 Å². The normalized spacial score (nSPS) is 11.4. The van der Waals surface area contributed by atoms with Crippen LogP contribution in [0, 0.1) is 0 Å². The Balaban J connectivity index is 1.88. The molecule has 6 heteroatoms. The molecular weight excluding hydrogens is 344 g/mol. The van der Waals surface area contributed by atoms with Crippen molar-refractivity contribution in [1.29, 1.82) is 0 Å². The van der Waals surface area contributed by atoms with Crippen molar-refractivity contribution in [2.45, 2.75) is 19.3 Å². The third-order valence-corrected chi connectivity index (χ3v) is 4.06. The van der Waals surface area contributed by atoms with Gasteiger partial charge in [-0.05, 0) is 36.2 Å². The summed E-state index contributed by atoms with van der Waals surface area (Å²) in [5, 5.41) is 2.65. The number of carbonyl (C=O) groups excluding carboxylic acids is 3. The van der Waals surface area contributed by atoms with E-state index in [9.17, 15) is 14.4 Å². The molecule has 0 aliphatic carbocycles. The van der Waals surface area contributed by atoms with Gasteiger partial charge in [0.05, 0.1) is 5.92 Å². The van der Waals surface area contributed by atoms with Crippen LogP contribution in [0.25, 0.3) is 0 Å². The molecule has 0 saturated carbocycles. The van der Waals surface area contributed by atoms with Crippen LogP contribution in [0.15, 0.2) is 54.6 Å². The van der Waals surface area contributed by atoms with Gasteiger partial charge < -0.3 is 15.0 Å². The van der Waals surface area contributed by atoms with E-state index >= 15 is 0 Å². The van der Waals surface area contributed by atoms with E-state index in [0.717, 1.165) is 5.56 Å². The van der Waals surface area contributed by atoms with Crippen molar-refractivity contribution in [3.05, 3.63) is 65.7 Å². The molecule has 0 unspecified atom stereocenters. The number of ether oxygens (including phenoxy) is 1. The minimum Gasteiger partial charge on any atom is -0.455 e. The average Bonchev–Trinajstić information content (AvgIpc) is 2.68. The molecule has 0 aliphatic heterocycles. The van der Waals surface area contributed by atoms with Gasteiger partial charge in [-0.15, -0.1) is 0 Å². The van der Waals surface area contributed by atoms with Crippen molar-refractivity contribution >= 4 is 23.5 Å². The lowest BCUT2D eigenvalue weighted by molar-refractivity contribution is -0.149. The SMILES string of the molecule is CC[C@H](C(=O)OCC(=O)Nc1ccc(C(=O)N(C)C)cc1)c1ccccc1. The van der Waals surface area contributed by atoms with E-state index in [1.165, 1.54) is 4.90 Å². The molecule has 142 valence electrons. The van der Waals surface area contributed by atoms with Gasteiger partial charge in [0.2, 0.25) is 0 Å². The van der Waals surface area contributed by atoms with Crippen molar-refractivity contribution < 1.29 is 19.1 Å². The van der Waals surface area contributed by atoms with Crippen LogP contribution < -0.4 is 5.32 Å². The van der Waals surface area contributed by atoms with Gasteiger partial charge in [0.1, 0.15) is 0 Å². The minimum atomic E-state index is -0.432. The first-order valence-corrected chi connectivity index (χ1v) is 8.75. The first kappa shape index (κ1) is 20.2. The van der Waals surface area contributed by atoms with E-state index in [-0.39, 0.29) is 12.5 Å². The molecule has 0 fully saturated rings. The van der Waals surface area contributed by atoms with E-state index in [1.54, 1.807) is 38.4 Å². The fourth-order valence-electron chi connectivity index (χ4n) is 2.61. The van der Waals surface area contributed by atoms with Crippen LogP contribution in [0.5, 0.6) is 0 Å². The highest BCUT2D eigenvalue weighted by atomic mass is 16.5. The van der Waals surface area contributed by atoms with Gasteiger partial charge >= 0.3 is 5.97 Å². The van der Waals surface area contributed by atoms with Crippen LogP contribution in [0.3, 0.4) is 0 Å². The highest BCUT2D eigenvalue weighted by molar-refractivity contribution is 5.96. The molecule has 2 aromatic rings. The number of hydrogen-bond donors (Lipinski definition) is 1. The Kier molecular flexibility index (Phi) is 7.11. The van der Waals surface area contributed by atoms with Crippen LogP contribution in [0.1, 0.15) is 35.2 Å². The topological polar surface area (TPSA) is 75.7 Å². The third kappa shape index (κ3) is 5.67. The van der Waals surface area contributed by atoms with Crippen LogP contribution in [-0.2, 0) is 14.3 Å². The second-order valence-electron chi connectivity index (χ2n) is 6.30. The van der Waals surface area contributed by atoms with E-state index in [1.807, 2.05) is 37.3 Å². The number of carbonyl (C=O) groups is 3. The summed E-state index contributed by atoms with van der Waals surface area (Å²) in [5.41, 5.74) is 1.92. The molecule has 0 aromatic heterocycles. The third-order valence-electron chi connectivity index (χ3n) is 4.06. The Labute approximate surface area is 159 Å². The van der Waals surface area contributed by atoms with Gasteiger partial charge in [0, 0.05) is 25.3 Å². The molecule has 2 rings (SSSR count). The number of anilines is 1. The molecule has 0 heterocycles. The van der Waals surface area contributed by atoms with Crippen molar-refractivity contribution in [2.24, 2.45) is 0 Å². The van der Waals surface area contributed by atoms with Crippen molar-refractivity contribution in [3.63, 3.8) is 0 Å². The molecule has 27 heavy (non-hydrogen) atoms. The lowest BCUT2D eigenvalue weighted by atomic mass is 9.97. The van der Waals surface area contributed by atoms with Crippen LogP contribution in [-0.4, -0.2) is 43.4 Å². The highest BCUT2D eigenvalue weighted by Gasteiger charge is 2.21. The molecule has 6 nitrogen and oxygen atoms in total. The monoisotopic (exact) mass is 368 g/mol. The fourth-order valence-corrected chi connectivity index (χ4v) is 2.61. The molecule has 0 aliphatic rings. The van der Waals surface area contributed by atoms with Crippen LogP contribution in [0.2, 0.25) is 0 Å². The van der Waals surface area contributed by atoms with Crippen molar-refractivity contribution in [3.8, 4) is 0 Å². The predicted octanol–water partition coefficient (Wildman–Crippen LogP) is 3.06. The van der Waals surface area contributed by atoms with Crippen molar-refractivity contribution in [2.75, 3.05) is 26.0 Å². The lowest BCUT2D eigenvalue weighted by Crippen LogP contribution is -2.24. The van der Waals surface area contributed by atoms with Gasteiger partial charge in [-0.3, -0.25) is 14.4 Å². The zero-order valence-electron chi connectivity index (χ0n) is 15.8. The largest absolute Gasteiger partial charge is 0.455 e. The second kappa shape index (κ2) is 9.52. The molecule has 1 atom stereocenters. The summed E-state index contributed by atoms with van der Waals surface area (Å²) < 4.78 is 5.17. The van der Waals surface area contributed by atoms with E-state index in [4.69, 9.17) is 4.74 Å². The van der Waals surface area contributed by atoms with Gasteiger partial charge in [-0.2, -0.15) is 0 Å². The first-order chi connectivity index (χ1) is 12.9. The summed E-state index contributed by atoms with van der Waals surface area (Å²) in [6.07, 6.45) is 0.589. The van der Waals surface area contributed by atoms with Gasteiger partial charge in [-0.25, -0.2) is 0 Å². The Morgan fingerprint density at radius 1 is 1.00 bits per heavy atom. The Morgan fingerprint density at radius 2 is 1.63 bits per heavy atom. The number of rotatable bonds is 7. The van der Waals surface area contributed by atoms with Crippen LogP contribution >= 0.6 is 0 Å². The maximum atomic E-state index is 12.3. The van der Waals surface area contributed by atoms with Crippen molar-refractivity contribution in [1.82, 2.24) is 4.90 Å². The number of amides is 2. The minimum absolute atomic E-state index is 0.117. The second-order valence-corrected chi connectivity index (χ2v) is 6.30. The molecule has 0 saturated heterocycles. The molecule has 0 spiro atoms. The summed E-state index contributed by atoms with van der Waals surface area (Å²) in [6.45, 7) is 1.54. The fraction of sp³-hybridized carbons (Fsp3) is 0.286. The number of hydrogen-bond acceptors (Lipinski definition) is 4. The molecular formula is C21H24N2O4. The quantitative estimate of drug-likeness (QED) is 0.762. The first-order valence-electron chi connectivity index (χ1n) is 8.75. The van der Waals surface area contributed by atoms with Crippen LogP contribution in [0.4, 0.5) is 5.69 Å². The summed E-state index contributed by atoms with van der Waals surface area (Å²) >= 11 is 0. The summed E-state index contributed by atoms with van der Waals surface area (Å²) in [6, 6.07) is 15.9. The smallest absolute Gasteiger partial charge is 0.313 e. The van der Waals surface area contributed by atoms with E-state index in [2.05, 4.69) is 5.32 Å². The number of nitrogens with one attached hydrogen (secondary N) is 1. The summed E-state index contributed by atoms with van der Waals surface area (Å²) in [4.78, 5) is 37.6. The standard InChI is InChI=1S/C21H24N2O4/c1-4-18(15-8-6-5-7-9-15)21(26)27-14-19(24)22-17-12-10-16(11-13-17)20(25)23(2)3/h5-13,18H,4,14H2,1-3H3,(H,22,24)/t18-/m0/s1. The molecule has 0 radical (unpaired) electrons. The van der Waals surface area contributed by atoms with Gasteiger partial charge in [0.15, 0.2) is 6.61 Å². The van der Waals surface area contributed by atoms with Gasteiger partial charge in [-0.1, -0.05) is 37.3 Å². The molecule has 2 aromatic carbocycles. The summed E-state index contributed by atoms with van der Waals surface area (Å²) in [7, 11) is 3.34. The maximum absolute atomic E-state index is 12.3. The molecule has 0 bridgehead atoms. The molecule has 1 N–H and O–H groups in total. The number of nitrogens with zero attached hydrogens (tertiary/aromatic N) is 1. The average molecular weight is 368 g/mol. The Hall–Kier alpha value is -3.15. The van der Waals surface area contributed by atoms with Gasteiger partial charge in [0.25, 0.3) is 11.8 Å². The Morgan fingerprint density at radius 3 is 2.19 bits per heavy atom. The number of esters is 1.